The Balaban J connectivity index is 2.11. The molecular formula is C18H27ClN2O4S. The zero-order valence-corrected chi connectivity index (χ0v) is 17.1. The van der Waals surface area contributed by atoms with Gasteiger partial charge in [-0.2, -0.15) is 0 Å². The molecule has 1 aromatic carbocycles. The number of ether oxygens (including phenoxy) is 1. The van der Waals surface area contributed by atoms with E-state index >= 15 is 0 Å². The molecule has 0 radical (unpaired) electrons. The highest BCUT2D eigenvalue weighted by Crippen LogP contribution is 2.37. The van der Waals surface area contributed by atoms with Crippen molar-refractivity contribution >= 4 is 33.2 Å². The highest BCUT2D eigenvalue weighted by atomic mass is 35.5. The number of amides is 1. The molecular weight excluding hydrogens is 376 g/mol. The standard InChI is InChI=1S/C18H27ClN2O4S/c1-4-6-7-13(5-2)11-20-18(22)17-12-21(26(3,23)24)15-10-14(19)8-9-16(15)25-17/h8-10,13,17H,4-7,11-12H2,1-3H3,(H,20,22)/t13-,17+/m1/s1. The molecule has 6 nitrogen and oxygen atoms in total. The predicted octanol–water partition coefficient (Wildman–Crippen LogP) is 3.20. The number of benzene rings is 1. The van der Waals surface area contributed by atoms with Crippen LogP contribution < -0.4 is 14.4 Å². The van der Waals surface area contributed by atoms with Crippen LogP contribution in [-0.4, -0.2) is 39.8 Å². The molecule has 2 rings (SSSR count). The third-order valence-corrected chi connectivity index (χ3v) is 5.97. The maximum absolute atomic E-state index is 12.6. The van der Waals surface area contributed by atoms with Gasteiger partial charge in [-0.15, -0.1) is 0 Å². The summed E-state index contributed by atoms with van der Waals surface area (Å²) in [6.07, 6.45) is 4.53. The third kappa shape index (κ3) is 5.27. The minimum Gasteiger partial charge on any atom is -0.476 e. The van der Waals surface area contributed by atoms with Gasteiger partial charge in [-0.25, -0.2) is 8.42 Å². The number of nitrogens with zero attached hydrogens (tertiary/aromatic N) is 1. The highest BCUT2D eigenvalue weighted by Gasteiger charge is 2.35. The Labute approximate surface area is 160 Å². The average Bonchev–Trinajstić information content (AvgIpc) is 2.59. The maximum atomic E-state index is 12.6. The fourth-order valence-electron chi connectivity index (χ4n) is 2.98. The molecule has 0 saturated carbocycles. The van der Waals surface area contributed by atoms with E-state index in [4.69, 9.17) is 16.3 Å². The van der Waals surface area contributed by atoms with E-state index in [-0.39, 0.29) is 12.5 Å². The van der Waals surface area contributed by atoms with Gasteiger partial charge < -0.3 is 10.1 Å². The molecule has 1 heterocycles. The summed E-state index contributed by atoms with van der Waals surface area (Å²) in [4.78, 5) is 12.6. The number of sulfonamides is 1. The van der Waals surface area contributed by atoms with Gasteiger partial charge in [0.25, 0.3) is 5.91 Å². The molecule has 1 N–H and O–H groups in total. The molecule has 0 aliphatic carbocycles. The SMILES string of the molecule is CCCC[C@@H](CC)CNC(=O)[C@@H]1CN(S(C)(=O)=O)c2cc(Cl)ccc2O1. The van der Waals surface area contributed by atoms with Gasteiger partial charge in [-0.3, -0.25) is 9.10 Å². The minimum atomic E-state index is -3.56. The second kappa shape index (κ2) is 8.95. The lowest BCUT2D eigenvalue weighted by Gasteiger charge is -2.34. The van der Waals surface area contributed by atoms with Crippen molar-refractivity contribution in [2.24, 2.45) is 5.92 Å². The van der Waals surface area contributed by atoms with Crippen molar-refractivity contribution < 1.29 is 17.9 Å². The first-order valence-electron chi connectivity index (χ1n) is 8.97. The Kier molecular flexibility index (Phi) is 7.17. The minimum absolute atomic E-state index is 0.0657. The van der Waals surface area contributed by atoms with Crippen molar-refractivity contribution in [3.05, 3.63) is 23.2 Å². The molecule has 2 atom stereocenters. The van der Waals surface area contributed by atoms with E-state index in [9.17, 15) is 13.2 Å². The Hall–Kier alpha value is -1.47. The lowest BCUT2D eigenvalue weighted by molar-refractivity contribution is -0.127. The van der Waals surface area contributed by atoms with Gasteiger partial charge in [0.05, 0.1) is 18.5 Å². The molecule has 26 heavy (non-hydrogen) atoms. The molecule has 1 aliphatic rings. The second-order valence-electron chi connectivity index (χ2n) is 6.67. The van der Waals surface area contributed by atoms with Crippen LogP contribution in [0.1, 0.15) is 39.5 Å². The number of hydrogen-bond acceptors (Lipinski definition) is 4. The van der Waals surface area contributed by atoms with Crippen LogP contribution in [0.25, 0.3) is 0 Å². The van der Waals surface area contributed by atoms with Crippen LogP contribution in [0.2, 0.25) is 5.02 Å². The van der Waals surface area contributed by atoms with Crippen molar-refractivity contribution in [1.82, 2.24) is 5.32 Å². The molecule has 1 amide bonds. The first-order valence-corrected chi connectivity index (χ1v) is 11.2. The van der Waals surface area contributed by atoms with Gasteiger partial charge in [-0.1, -0.05) is 44.7 Å². The lowest BCUT2D eigenvalue weighted by atomic mass is 9.99. The van der Waals surface area contributed by atoms with Gasteiger partial charge in [-0.05, 0) is 30.5 Å². The number of nitrogens with one attached hydrogen (secondary N) is 1. The summed E-state index contributed by atoms with van der Waals surface area (Å²) < 4.78 is 31.2. The number of unbranched alkanes of at least 4 members (excludes halogenated alkanes) is 1. The van der Waals surface area contributed by atoms with Gasteiger partial charge in [0.1, 0.15) is 5.75 Å². The van der Waals surface area contributed by atoms with E-state index in [1.165, 1.54) is 10.4 Å². The van der Waals surface area contributed by atoms with Gasteiger partial charge in [0, 0.05) is 11.6 Å². The molecule has 0 bridgehead atoms. The lowest BCUT2D eigenvalue weighted by Crippen LogP contribution is -2.51. The first kappa shape index (κ1) is 20.8. The van der Waals surface area contributed by atoms with E-state index in [1.54, 1.807) is 12.1 Å². The van der Waals surface area contributed by atoms with Crippen LogP contribution in [0.4, 0.5) is 5.69 Å². The molecule has 1 aromatic rings. The topological polar surface area (TPSA) is 75.7 Å². The van der Waals surface area contributed by atoms with E-state index in [0.29, 0.717) is 28.9 Å². The predicted molar refractivity (Wildman–Crippen MR) is 104 cm³/mol. The Bertz CT molecular complexity index is 739. The van der Waals surface area contributed by atoms with Gasteiger partial charge in [0.15, 0.2) is 6.10 Å². The van der Waals surface area contributed by atoms with Gasteiger partial charge >= 0.3 is 0 Å². The van der Waals surface area contributed by atoms with Gasteiger partial charge in [0.2, 0.25) is 10.0 Å². The quantitative estimate of drug-likeness (QED) is 0.724. The molecule has 1 aliphatic heterocycles. The summed E-state index contributed by atoms with van der Waals surface area (Å²) in [7, 11) is -3.56. The zero-order chi connectivity index (χ0) is 19.3. The smallest absolute Gasteiger partial charge is 0.263 e. The molecule has 8 heteroatoms. The molecule has 0 unspecified atom stereocenters. The normalized spacial score (nSPS) is 18.0. The number of carbonyl (C=O) groups is 1. The Morgan fingerprint density at radius 2 is 2.15 bits per heavy atom. The van der Waals surface area contributed by atoms with Crippen molar-refractivity contribution in [3.8, 4) is 5.75 Å². The van der Waals surface area contributed by atoms with E-state index in [2.05, 4.69) is 19.2 Å². The van der Waals surface area contributed by atoms with Crippen LogP contribution in [0.3, 0.4) is 0 Å². The Morgan fingerprint density at radius 3 is 2.77 bits per heavy atom. The van der Waals surface area contributed by atoms with Crippen molar-refractivity contribution in [1.29, 1.82) is 0 Å². The summed E-state index contributed by atoms with van der Waals surface area (Å²) in [6, 6.07) is 4.73. The van der Waals surface area contributed by atoms with Crippen LogP contribution >= 0.6 is 11.6 Å². The van der Waals surface area contributed by atoms with Crippen molar-refractivity contribution in [3.63, 3.8) is 0 Å². The summed E-state index contributed by atoms with van der Waals surface area (Å²) in [6.45, 7) is 4.75. The Morgan fingerprint density at radius 1 is 1.42 bits per heavy atom. The second-order valence-corrected chi connectivity index (χ2v) is 9.02. The molecule has 146 valence electrons. The summed E-state index contributed by atoms with van der Waals surface area (Å²) in [5, 5.41) is 3.32. The highest BCUT2D eigenvalue weighted by molar-refractivity contribution is 7.92. The first-order chi connectivity index (χ1) is 12.3. The van der Waals surface area contributed by atoms with E-state index in [0.717, 1.165) is 31.9 Å². The zero-order valence-electron chi connectivity index (χ0n) is 15.5. The molecule has 0 spiro atoms. The summed E-state index contributed by atoms with van der Waals surface area (Å²) in [5.41, 5.74) is 0.360. The fraction of sp³-hybridized carbons (Fsp3) is 0.611. The third-order valence-electron chi connectivity index (χ3n) is 4.59. The number of carbonyl (C=O) groups excluding carboxylic acids is 1. The van der Waals surface area contributed by atoms with Crippen LogP contribution in [0, 0.1) is 5.92 Å². The summed E-state index contributed by atoms with van der Waals surface area (Å²) in [5.74, 6) is 0.457. The van der Waals surface area contributed by atoms with E-state index in [1.807, 2.05) is 0 Å². The average molecular weight is 403 g/mol. The van der Waals surface area contributed by atoms with Crippen molar-refractivity contribution in [2.75, 3.05) is 23.7 Å². The number of halogens is 1. The number of fused-ring (bicyclic) bond motifs is 1. The monoisotopic (exact) mass is 402 g/mol. The molecule has 0 fully saturated rings. The number of hydrogen-bond donors (Lipinski definition) is 1. The number of anilines is 1. The fourth-order valence-corrected chi connectivity index (χ4v) is 4.05. The number of rotatable bonds is 8. The summed E-state index contributed by atoms with van der Waals surface area (Å²) >= 11 is 5.98. The molecule has 0 saturated heterocycles. The van der Waals surface area contributed by atoms with Crippen LogP contribution in [0.5, 0.6) is 5.75 Å². The van der Waals surface area contributed by atoms with Crippen LogP contribution in [0.15, 0.2) is 18.2 Å². The van der Waals surface area contributed by atoms with Crippen molar-refractivity contribution in [2.45, 2.75) is 45.6 Å². The van der Waals surface area contributed by atoms with E-state index < -0.39 is 16.1 Å². The largest absolute Gasteiger partial charge is 0.476 e. The maximum Gasteiger partial charge on any atom is 0.263 e. The van der Waals surface area contributed by atoms with Crippen LogP contribution in [-0.2, 0) is 14.8 Å². The molecule has 0 aromatic heterocycles.